The average molecular weight is 328 g/mol. The van der Waals surface area contributed by atoms with Gasteiger partial charge in [0.25, 0.3) is 0 Å². The van der Waals surface area contributed by atoms with E-state index in [2.05, 4.69) is 54.8 Å². The van der Waals surface area contributed by atoms with Crippen molar-refractivity contribution in [2.45, 2.75) is 18.9 Å². The van der Waals surface area contributed by atoms with Gasteiger partial charge < -0.3 is 10.6 Å². The number of anilines is 3. The molecule has 1 aliphatic carbocycles. The van der Waals surface area contributed by atoms with E-state index in [-0.39, 0.29) is 0 Å². The minimum absolute atomic E-state index is 0.499. The maximum Gasteiger partial charge on any atom is 0.223 e. The van der Waals surface area contributed by atoms with Crippen LogP contribution >= 0.6 is 0 Å². The predicted octanol–water partition coefficient (Wildman–Crippen LogP) is 3.89. The van der Waals surface area contributed by atoms with Crippen LogP contribution in [0.5, 0.6) is 0 Å². The molecule has 1 saturated carbocycles. The van der Waals surface area contributed by atoms with Crippen molar-refractivity contribution >= 4 is 39.3 Å². The summed E-state index contributed by atoms with van der Waals surface area (Å²) in [6, 6.07) is 15.0. The van der Waals surface area contributed by atoms with Crippen molar-refractivity contribution in [3.8, 4) is 0 Å². The zero-order valence-electron chi connectivity index (χ0n) is 13.5. The molecule has 1 fully saturated rings. The summed E-state index contributed by atoms with van der Waals surface area (Å²) in [6.45, 7) is 0. The van der Waals surface area contributed by atoms with Gasteiger partial charge in [-0.3, -0.25) is 0 Å². The molecule has 0 atom stereocenters. The van der Waals surface area contributed by atoms with Gasteiger partial charge in [0.2, 0.25) is 5.95 Å². The summed E-state index contributed by atoms with van der Waals surface area (Å²) in [5, 5.41) is 9.07. The second-order valence-electron chi connectivity index (χ2n) is 6.26. The van der Waals surface area contributed by atoms with Crippen LogP contribution in [0.2, 0.25) is 0 Å². The number of hydrogen-bond acceptors (Lipinski definition) is 6. The van der Waals surface area contributed by atoms with Crippen LogP contribution in [-0.4, -0.2) is 26.0 Å². The summed E-state index contributed by atoms with van der Waals surface area (Å²) in [7, 11) is 0. The molecular formula is C19H16N6. The van der Waals surface area contributed by atoms with Crippen molar-refractivity contribution in [3.05, 3.63) is 55.0 Å². The van der Waals surface area contributed by atoms with Gasteiger partial charge in [-0.15, -0.1) is 0 Å². The highest BCUT2D eigenvalue weighted by atomic mass is 15.1. The molecule has 0 saturated heterocycles. The molecule has 2 N–H and O–H groups in total. The lowest BCUT2D eigenvalue weighted by Gasteiger charge is -2.10. The van der Waals surface area contributed by atoms with Gasteiger partial charge in [0.1, 0.15) is 17.4 Å². The maximum absolute atomic E-state index is 4.60. The van der Waals surface area contributed by atoms with Gasteiger partial charge in [0.05, 0.1) is 6.20 Å². The lowest BCUT2D eigenvalue weighted by molar-refractivity contribution is 1.06. The Morgan fingerprint density at radius 2 is 1.80 bits per heavy atom. The van der Waals surface area contributed by atoms with E-state index in [9.17, 15) is 0 Å². The van der Waals surface area contributed by atoms with E-state index >= 15 is 0 Å². The molecule has 0 amide bonds. The second-order valence-corrected chi connectivity index (χ2v) is 6.26. The van der Waals surface area contributed by atoms with Gasteiger partial charge in [0.15, 0.2) is 5.82 Å². The van der Waals surface area contributed by atoms with Gasteiger partial charge in [-0.1, -0.05) is 30.3 Å². The Kier molecular flexibility index (Phi) is 3.19. The first-order valence-corrected chi connectivity index (χ1v) is 8.35. The van der Waals surface area contributed by atoms with Crippen LogP contribution in [0.1, 0.15) is 12.8 Å². The highest BCUT2D eigenvalue weighted by Gasteiger charge is 2.22. The Bertz CT molecular complexity index is 1070. The fourth-order valence-electron chi connectivity index (χ4n) is 2.83. The van der Waals surface area contributed by atoms with Gasteiger partial charge in [-0.2, -0.15) is 0 Å². The fourth-order valence-corrected chi connectivity index (χ4v) is 2.83. The third-order valence-electron chi connectivity index (χ3n) is 4.30. The number of benzene rings is 2. The highest BCUT2D eigenvalue weighted by molar-refractivity contribution is 5.90. The van der Waals surface area contributed by atoms with Gasteiger partial charge in [-0.25, -0.2) is 19.9 Å². The van der Waals surface area contributed by atoms with E-state index in [1.165, 1.54) is 29.9 Å². The Balaban J connectivity index is 1.53. The molecule has 0 radical (unpaired) electrons. The highest BCUT2D eigenvalue weighted by Crippen LogP contribution is 2.26. The molecule has 0 unspecified atom stereocenters. The van der Waals surface area contributed by atoms with Crippen molar-refractivity contribution < 1.29 is 0 Å². The topological polar surface area (TPSA) is 75.6 Å². The Morgan fingerprint density at radius 3 is 2.68 bits per heavy atom. The van der Waals surface area contributed by atoms with Crippen molar-refractivity contribution in [3.63, 3.8) is 0 Å². The SMILES string of the molecule is c1ccc2cc(Nc3ncnc4cnc(NC5CC5)nc34)ccc2c1. The smallest absolute Gasteiger partial charge is 0.223 e. The molecule has 0 aliphatic heterocycles. The number of nitrogens with zero attached hydrogens (tertiary/aromatic N) is 4. The van der Waals surface area contributed by atoms with Gasteiger partial charge in [0, 0.05) is 11.7 Å². The van der Waals surface area contributed by atoms with Crippen LogP contribution in [0.25, 0.3) is 21.8 Å². The molecule has 6 heteroatoms. The Hall–Kier alpha value is -3.28. The van der Waals surface area contributed by atoms with Crippen LogP contribution < -0.4 is 10.6 Å². The van der Waals surface area contributed by atoms with Crippen LogP contribution in [-0.2, 0) is 0 Å². The largest absolute Gasteiger partial charge is 0.351 e. The average Bonchev–Trinajstić information content (AvgIpc) is 3.46. The van der Waals surface area contributed by atoms with Crippen LogP contribution in [0.15, 0.2) is 55.0 Å². The summed E-state index contributed by atoms with van der Waals surface area (Å²) >= 11 is 0. The zero-order valence-corrected chi connectivity index (χ0v) is 13.5. The first-order valence-electron chi connectivity index (χ1n) is 8.35. The van der Waals surface area contributed by atoms with Crippen LogP contribution in [0, 0.1) is 0 Å². The molecule has 6 nitrogen and oxygen atoms in total. The minimum Gasteiger partial charge on any atom is -0.351 e. The lowest BCUT2D eigenvalue weighted by atomic mass is 10.1. The molecule has 25 heavy (non-hydrogen) atoms. The second kappa shape index (κ2) is 5.66. The molecule has 122 valence electrons. The Morgan fingerprint density at radius 1 is 0.920 bits per heavy atom. The number of fused-ring (bicyclic) bond motifs is 2. The lowest BCUT2D eigenvalue weighted by Crippen LogP contribution is -2.06. The predicted molar refractivity (Wildman–Crippen MR) is 99.0 cm³/mol. The molecule has 0 bridgehead atoms. The molecule has 4 aromatic rings. The fraction of sp³-hybridized carbons (Fsp3) is 0.158. The number of hydrogen-bond donors (Lipinski definition) is 2. The van der Waals surface area contributed by atoms with Gasteiger partial charge in [-0.05, 0) is 35.7 Å². The van der Waals surface area contributed by atoms with Gasteiger partial charge >= 0.3 is 0 Å². The zero-order chi connectivity index (χ0) is 16.6. The molecule has 5 rings (SSSR count). The number of nitrogens with one attached hydrogen (secondary N) is 2. The van der Waals surface area contributed by atoms with Crippen molar-refractivity contribution in [1.29, 1.82) is 0 Å². The van der Waals surface area contributed by atoms with Crippen LogP contribution in [0.4, 0.5) is 17.5 Å². The normalized spacial score (nSPS) is 13.9. The summed E-state index contributed by atoms with van der Waals surface area (Å²) in [6.07, 6.45) is 5.62. The molecular weight excluding hydrogens is 312 g/mol. The molecule has 2 aromatic carbocycles. The van der Waals surface area contributed by atoms with E-state index < -0.39 is 0 Å². The molecule has 0 spiro atoms. The van der Waals surface area contributed by atoms with E-state index in [0.717, 1.165) is 11.2 Å². The monoisotopic (exact) mass is 328 g/mol. The third-order valence-corrected chi connectivity index (χ3v) is 4.30. The number of aromatic nitrogens is 4. The number of rotatable bonds is 4. The third kappa shape index (κ3) is 2.82. The first-order chi connectivity index (χ1) is 12.3. The standard InChI is InChI=1S/C19H16N6/c1-2-4-13-9-15(6-5-12(13)3-1)23-18-17-16(21-11-22-18)10-20-19(25-17)24-14-7-8-14/h1-6,9-11,14H,7-8H2,(H,20,24,25)(H,21,22,23). The van der Waals surface area contributed by atoms with Crippen LogP contribution in [0.3, 0.4) is 0 Å². The molecule has 1 aliphatic rings. The summed E-state index contributed by atoms with van der Waals surface area (Å²) in [5.74, 6) is 1.31. The van der Waals surface area contributed by atoms with E-state index in [1.807, 2.05) is 18.2 Å². The van der Waals surface area contributed by atoms with Crippen molar-refractivity contribution in [2.75, 3.05) is 10.6 Å². The van der Waals surface area contributed by atoms with E-state index in [4.69, 9.17) is 0 Å². The molecule has 2 heterocycles. The van der Waals surface area contributed by atoms with Crippen molar-refractivity contribution in [1.82, 2.24) is 19.9 Å². The molecule has 2 aromatic heterocycles. The minimum atomic E-state index is 0.499. The summed E-state index contributed by atoms with van der Waals surface area (Å²) < 4.78 is 0. The summed E-state index contributed by atoms with van der Waals surface area (Å²) in [4.78, 5) is 17.6. The van der Waals surface area contributed by atoms with Crippen molar-refractivity contribution in [2.24, 2.45) is 0 Å². The summed E-state index contributed by atoms with van der Waals surface area (Å²) in [5.41, 5.74) is 2.41. The first kappa shape index (κ1) is 14.1. The van der Waals surface area contributed by atoms with E-state index in [1.54, 1.807) is 6.20 Å². The maximum atomic E-state index is 4.60. The quantitative estimate of drug-likeness (QED) is 0.592. The Labute approximate surface area is 144 Å². The van der Waals surface area contributed by atoms with E-state index in [0.29, 0.717) is 23.3 Å².